The predicted octanol–water partition coefficient (Wildman–Crippen LogP) is 1.38. The Hall–Kier alpha value is -2.32. The summed E-state index contributed by atoms with van der Waals surface area (Å²) >= 11 is 1.27. The van der Waals surface area contributed by atoms with E-state index in [9.17, 15) is 4.79 Å². The third kappa shape index (κ3) is 3.38. The van der Waals surface area contributed by atoms with Gasteiger partial charge in [-0.3, -0.25) is 4.79 Å². The number of hydrogen-bond donors (Lipinski definition) is 1. The smallest absolute Gasteiger partial charge is 0.297 e. The van der Waals surface area contributed by atoms with Crippen molar-refractivity contribution in [1.29, 1.82) is 0 Å². The van der Waals surface area contributed by atoms with E-state index in [1.165, 1.54) is 15.9 Å². The Labute approximate surface area is 136 Å². The molecule has 0 saturated carbocycles. The maximum Gasteiger partial charge on any atom is 0.297 e. The first-order valence-corrected chi connectivity index (χ1v) is 8.08. The molecule has 0 bridgehead atoms. The number of aromatic nitrogens is 4. The lowest BCUT2D eigenvalue weighted by atomic mass is 10.1. The van der Waals surface area contributed by atoms with Crippen LogP contribution in [0.3, 0.4) is 0 Å². The standard InChI is InChI=1S/C15H17N5O2S/c1-9(2)22-11-5-3-10(4-6-11)7-12-14(21)20-15(18-17-12)23-13(8-16)19-20/h3-6,9H,7-8,16H2,1-2H3. The molecule has 2 N–H and O–H groups in total. The quantitative estimate of drug-likeness (QED) is 0.759. The van der Waals surface area contributed by atoms with Gasteiger partial charge >= 0.3 is 0 Å². The minimum atomic E-state index is -0.256. The Morgan fingerprint density at radius 1 is 1.26 bits per heavy atom. The molecule has 0 atom stereocenters. The summed E-state index contributed by atoms with van der Waals surface area (Å²) in [6.45, 7) is 4.23. The lowest BCUT2D eigenvalue weighted by Crippen LogP contribution is -2.22. The van der Waals surface area contributed by atoms with Crippen LogP contribution in [0.4, 0.5) is 0 Å². The molecular formula is C15H17N5O2S. The average Bonchev–Trinajstić information content (AvgIpc) is 2.95. The topological polar surface area (TPSA) is 95.4 Å². The Morgan fingerprint density at radius 3 is 2.65 bits per heavy atom. The Balaban J connectivity index is 1.86. The van der Waals surface area contributed by atoms with Gasteiger partial charge < -0.3 is 10.5 Å². The van der Waals surface area contributed by atoms with Crippen molar-refractivity contribution in [2.75, 3.05) is 0 Å². The minimum Gasteiger partial charge on any atom is -0.491 e. The van der Waals surface area contributed by atoms with E-state index >= 15 is 0 Å². The molecule has 23 heavy (non-hydrogen) atoms. The molecule has 0 radical (unpaired) electrons. The molecule has 0 aliphatic heterocycles. The van der Waals surface area contributed by atoms with Crippen LogP contribution in [0.2, 0.25) is 0 Å². The molecule has 3 aromatic rings. The van der Waals surface area contributed by atoms with E-state index in [1.54, 1.807) is 0 Å². The van der Waals surface area contributed by atoms with Gasteiger partial charge in [0.05, 0.1) is 6.10 Å². The summed E-state index contributed by atoms with van der Waals surface area (Å²) in [5.41, 5.74) is 6.61. The van der Waals surface area contributed by atoms with Crippen molar-refractivity contribution < 1.29 is 4.74 Å². The second kappa shape index (κ2) is 6.43. The Kier molecular flexibility index (Phi) is 4.35. The molecule has 0 spiro atoms. The molecule has 0 fully saturated rings. The van der Waals surface area contributed by atoms with E-state index in [-0.39, 0.29) is 18.2 Å². The zero-order valence-electron chi connectivity index (χ0n) is 12.9. The Bertz CT molecular complexity index is 870. The molecule has 120 valence electrons. The van der Waals surface area contributed by atoms with Crippen LogP contribution in [0.1, 0.15) is 30.1 Å². The summed E-state index contributed by atoms with van der Waals surface area (Å²) in [6, 6.07) is 7.60. The SMILES string of the molecule is CC(C)Oc1ccc(Cc2nnc3sc(CN)nn3c2=O)cc1. The first kappa shape index (κ1) is 15.6. The van der Waals surface area contributed by atoms with Gasteiger partial charge in [0.1, 0.15) is 16.5 Å². The van der Waals surface area contributed by atoms with Gasteiger partial charge in [-0.15, -0.1) is 10.2 Å². The summed E-state index contributed by atoms with van der Waals surface area (Å²) in [4.78, 5) is 12.9. The zero-order valence-corrected chi connectivity index (χ0v) is 13.7. The molecule has 0 saturated heterocycles. The Morgan fingerprint density at radius 2 is 2.00 bits per heavy atom. The monoisotopic (exact) mass is 331 g/mol. The molecule has 0 amide bonds. The normalized spacial score (nSPS) is 11.3. The average molecular weight is 331 g/mol. The van der Waals surface area contributed by atoms with Crippen LogP contribution in [0.25, 0.3) is 4.96 Å². The summed E-state index contributed by atoms with van der Waals surface area (Å²) in [6.07, 6.45) is 0.520. The van der Waals surface area contributed by atoms with Crippen molar-refractivity contribution in [3.05, 3.63) is 50.9 Å². The van der Waals surface area contributed by atoms with Crippen molar-refractivity contribution in [2.45, 2.75) is 32.9 Å². The van der Waals surface area contributed by atoms with Crippen LogP contribution < -0.4 is 16.0 Å². The van der Waals surface area contributed by atoms with E-state index in [1.807, 2.05) is 38.1 Å². The third-order valence-corrected chi connectivity index (χ3v) is 4.06. The van der Waals surface area contributed by atoms with Gasteiger partial charge in [0.2, 0.25) is 4.96 Å². The molecule has 0 aliphatic rings. The first-order chi connectivity index (χ1) is 11.1. The van der Waals surface area contributed by atoms with E-state index in [2.05, 4.69) is 15.3 Å². The summed E-state index contributed by atoms with van der Waals surface area (Å²) in [5, 5.41) is 12.9. The van der Waals surface area contributed by atoms with Gasteiger partial charge in [-0.25, -0.2) is 0 Å². The van der Waals surface area contributed by atoms with Crippen molar-refractivity contribution in [2.24, 2.45) is 5.73 Å². The third-order valence-electron chi connectivity index (χ3n) is 3.14. The van der Waals surface area contributed by atoms with Gasteiger partial charge in [-0.2, -0.15) is 9.61 Å². The van der Waals surface area contributed by atoms with E-state index in [0.717, 1.165) is 11.3 Å². The molecule has 3 rings (SSSR count). The van der Waals surface area contributed by atoms with Crippen LogP contribution in [-0.4, -0.2) is 25.9 Å². The van der Waals surface area contributed by atoms with Gasteiger partial charge in [0.15, 0.2) is 0 Å². The molecule has 0 aliphatic carbocycles. The highest BCUT2D eigenvalue weighted by Crippen LogP contribution is 2.15. The minimum absolute atomic E-state index is 0.125. The fourth-order valence-electron chi connectivity index (χ4n) is 2.13. The number of hydrogen-bond acceptors (Lipinski definition) is 7. The number of ether oxygens (including phenoxy) is 1. The molecule has 8 heteroatoms. The van der Waals surface area contributed by atoms with Gasteiger partial charge in [-0.1, -0.05) is 23.5 Å². The van der Waals surface area contributed by atoms with Crippen LogP contribution in [0.15, 0.2) is 29.1 Å². The van der Waals surface area contributed by atoms with Crippen LogP contribution in [-0.2, 0) is 13.0 Å². The molecule has 1 aromatic carbocycles. The molecule has 2 aromatic heterocycles. The highest BCUT2D eigenvalue weighted by Gasteiger charge is 2.12. The van der Waals surface area contributed by atoms with E-state index < -0.39 is 0 Å². The van der Waals surface area contributed by atoms with Gasteiger partial charge in [0.25, 0.3) is 5.56 Å². The molecular weight excluding hydrogens is 314 g/mol. The van der Waals surface area contributed by atoms with Crippen molar-refractivity contribution in [1.82, 2.24) is 19.8 Å². The first-order valence-electron chi connectivity index (χ1n) is 7.27. The second-order valence-corrected chi connectivity index (χ2v) is 6.37. The number of nitrogens with zero attached hydrogens (tertiary/aromatic N) is 4. The zero-order chi connectivity index (χ0) is 16.4. The van der Waals surface area contributed by atoms with Gasteiger partial charge in [0, 0.05) is 13.0 Å². The van der Waals surface area contributed by atoms with Crippen LogP contribution >= 0.6 is 11.3 Å². The summed E-state index contributed by atoms with van der Waals surface area (Å²) in [7, 11) is 0. The van der Waals surface area contributed by atoms with Crippen molar-refractivity contribution >= 4 is 16.3 Å². The molecule has 7 nitrogen and oxygen atoms in total. The molecule has 0 unspecified atom stereocenters. The summed E-state index contributed by atoms with van der Waals surface area (Å²) in [5.74, 6) is 0.800. The number of fused-ring (bicyclic) bond motifs is 1. The van der Waals surface area contributed by atoms with E-state index in [0.29, 0.717) is 22.1 Å². The van der Waals surface area contributed by atoms with Crippen molar-refractivity contribution in [3.63, 3.8) is 0 Å². The lowest BCUT2D eigenvalue weighted by Gasteiger charge is -2.09. The fraction of sp³-hybridized carbons (Fsp3) is 0.333. The van der Waals surface area contributed by atoms with Crippen LogP contribution in [0, 0.1) is 0 Å². The highest BCUT2D eigenvalue weighted by molar-refractivity contribution is 7.16. The largest absolute Gasteiger partial charge is 0.491 e. The highest BCUT2D eigenvalue weighted by atomic mass is 32.1. The fourth-order valence-corrected chi connectivity index (χ4v) is 2.84. The van der Waals surface area contributed by atoms with Crippen LogP contribution in [0.5, 0.6) is 5.75 Å². The maximum atomic E-state index is 12.4. The van der Waals surface area contributed by atoms with E-state index in [4.69, 9.17) is 10.5 Å². The summed E-state index contributed by atoms with van der Waals surface area (Å²) < 4.78 is 6.87. The number of rotatable bonds is 5. The van der Waals surface area contributed by atoms with Gasteiger partial charge in [-0.05, 0) is 31.5 Å². The predicted molar refractivity (Wildman–Crippen MR) is 87.8 cm³/mol. The maximum absolute atomic E-state index is 12.4. The molecule has 2 heterocycles. The second-order valence-electron chi connectivity index (χ2n) is 5.33. The van der Waals surface area contributed by atoms with Crippen molar-refractivity contribution in [3.8, 4) is 5.75 Å². The lowest BCUT2D eigenvalue weighted by molar-refractivity contribution is 0.242. The number of benzene rings is 1. The number of nitrogens with two attached hydrogens (primary N) is 1.